The Bertz CT molecular complexity index is 467. The van der Waals surface area contributed by atoms with Crippen molar-refractivity contribution in [2.75, 3.05) is 12.8 Å². The zero-order valence-electron chi connectivity index (χ0n) is 11.2. The molecule has 0 saturated carbocycles. The van der Waals surface area contributed by atoms with Crippen molar-refractivity contribution >= 4 is 45.6 Å². The fraction of sp³-hybridized carbons (Fsp3) is 0.538. The number of halogens is 3. The van der Waals surface area contributed by atoms with E-state index in [2.05, 4.69) is 5.32 Å². The summed E-state index contributed by atoms with van der Waals surface area (Å²) in [5, 5.41) is 4.87. The first kappa shape index (κ1) is 17.3. The van der Waals surface area contributed by atoms with Crippen LogP contribution in [-0.4, -0.2) is 22.3 Å². The number of hydrogen-bond donors (Lipinski definition) is 1. The van der Waals surface area contributed by atoms with Crippen molar-refractivity contribution in [3.05, 3.63) is 32.8 Å². The average Bonchev–Trinajstić information content (AvgIpc) is 2.35. The minimum atomic E-state index is -0.785. The van der Waals surface area contributed by atoms with Gasteiger partial charge in [0.05, 0.1) is 15.1 Å². The van der Waals surface area contributed by atoms with Crippen LogP contribution in [0.4, 0.5) is 0 Å². The normalized spacial score (nSPS) is 16.1. The van der Waals surface area contributed by atoms with E-state index in [1.54, 1.807) is 12.3 Å². The maximum Gasteiger partial charge on any atom is 0.0781 e. The minimum Gasteiger partial charge on any atom is -0.310 e. The second kappa shape index (κ2) is 7.84. The highest BCUT2D eigenvalue weighted by Crippen LogP contribution is 2.35. The van der Waals surface area contributed by atoms with E-state index in [1.807, 2.05) is 19.9 Å². The molecule has 0 amide bonds. The first-order valence-corrected chi connectivity index (χ1v) is 8.79. The fourth-order valence-electron chi connectivity index (χ4n) is 1.65. The van der Waals surface area contributed by atoms with E-state index in [4.69, 9.17) is 34.8 Å². The van der Waals surface area contributed by atoms with Crippen molar-refractivity contribution < 1.29 is 4.21 Å². The maximum atomic E-state index is 11.3. The third-order valence-corrected chi connectivity index (χ3v) is 5.78. The Morgan fingerprint density at radius 3 is 2.42 bits per heavy atom. The van der Waals surface area contributed by atoms with Crippen molar-refractivity contribution in [2.45, 2.75) is 31.6 Å². The molecule has 1 N–H and O–H groups in total. The van der Waals surface area contributed by atoms with Gasteiger partial charge in [0.2, 0.25) is 0 Å². The van der Waals surface area contributed by atoms with Crippen molar-refractivity contribution in [1.82, 2.24) is 5.32 Å². The van der Waals surface area contributed by atoms with E-state index in [1.165, 1.54) is 0 Å². The Morgan fingerprint density at radius 1 is 1.21 bits per heavy atom. The summed E-state index contributed by atoms with van der Waals surface area (Å²) in [6.45, 7) is 4.77. The van der Waals surface area contributed by atoms with E-state index >= 15 is 0 Å². The first-order valence-electron chi connectivity index (χ1n) is 6.03. The van der Waals surface area contributed by atoms with E-state index in [-0.39, 0.29) is 11.3 Å². The van der Waals surface area contributed by atoms with Gasteiger partial charge in [-0.15, -0.1) is 0 Å². The summed E-state index contributed by atoms with van der Waals surface area (Å²) in [6.07, 6.45) is 2.58. The van der Waals surface area contributed by atoms with Gasteiger partial charge in [-0.2, -0.15) is 0 Å². The third-order valence-electron chi connectivity index (χ3n) is 3.10. The lowest BCUT2D eigenvalue weighted by atomic mass is 10.1. The van der Waals surface area contributed by atoms with Gasteiger partial charge in [-0.05, 0) is 31.5 Å². The van der Waals surface area contributed by atoms with Crippen molar-refractivity contribution in [3.8, 4) is 0 Å². The molecule has 3 unspecified atom stereocenters. The molecule has 0 aliphatic rings. The molecule has 1 aromatic carbocycles. The van der Waals surface area contributed by atoms with Crippen LogP contribution in [0.2, 0.25) is 15.1 Å². The van der Waals surface area contributed by atoms with Crippen LogP contribution in [0.1, 0.15) is 31.9 Å². The van der Waals surface area contributed by atoms with Gasteiger partial charge < -0.3 is 5.32 Å². The van der Waals surface area contributed by atoms with Gasteiger partial charge in [-0.25, -0.2) is 0 Å². The summed E-state index contributed by atoms with van der Waals surface area (Å²) in [5.74, 6) is 0. The zero-order chi connectivity index (χ0) is 14.6. The molecule has 6 heteroatoms. The average molecular weight is 343 g/mol. The predicted octanol–water partition coefficient (Wildman–Crippen LogP) is 4.45. The Kier molecular flexibility index (Phi) is 7.12. The van der Waals surface area contributed by atoms with Gasteiger partial charge in [0.1, 0.15) is 0 Å². The maximum absolute atomic E-state index is 11.3. The molecule has 2 nitrogen and oxygen atoms in total. The standard InChI is InChI=1S/C13H18Cl3NOS/c1-8(19(3)18)6-7-17-9(2)10-4-5-11(14)13(16)12(10)15/h4-5,8-9,17H,6-7H2,1-3H3. The van der Waals surface area contributed by atoms with Crippen molar-refractivity contribution in [2.24, 2.45) is 0 Å². The van der Waals surface area contributed by atoms with Crippen LogP contribution in [0.5, 0.6) is 0 Å². The summed E-state index contributed by atoms with van der Waals surface area (Å²) in [7, 11) is -0.785. The van der Waals surface area contributed by atoms with Gasteiger partial charge in [0.15, 0.2) is 0 Å². The number of nitrogens with one attached hydrogen (secondary N) is 1. The van der Waals surface area contributed by atoms with E-state index in [0.717, 1.165) is 18.5 Å². The predicted molar refractivity (Wildman–Crippen MR) is 86.0 cm³/mol. The van der Waals surface area contributed by atoms with Crippen LogP contribution in [-0.2, 0) is 10.8 Å². The van der Waals surface area contributed by atoms with Gasteiger partial charge in [0, 0.05) is 28.3 Å². The van der Waals surface area contributed by atoms with Gasteiger partial charge in [-0.1, -0.05) is 47.8 Å². The zero-order valence-corrected chi connectivity index (χ0v) is 14.3. The van der Waals surface area contributed by atoms with Gasteiger partial charge >= 0.3 is 0 Å². The molecule has 0 radical (unpaired) electrons. The minimum absolute atomic E-state index is 0.0692. The molecule has 3 atom stereocenters. The van der Waals surface area contributed by atoms with Gasteiger partial charge in [-0.3, -0.25) is 4.21 Å². The highest BCUT2D eigenvalue weighted by atomic mass is 35.5. The third kappa shape index (κ3) is 4.91. The molecule has 0 saturated heterocycles. The monoisotopic (exact) mass is 341 g/mol. The van der Waals surface area contributed by atoms with Crippen LogP contribution in [0.25, 0.3) is 0 Å². The lowest BCUT2D eigenvalue weighted by Gasteiger charge is -2.18. The molecule has 0 aromatic heterocycles. The molecule has 0 aliphatic heterocycles. The quantitative estimate of drug-likeness (QED) is 0.774. The van der Waals surface area contributed by atoms with Crippen LogP contribution in [0, 0.1) is 0 Å². The highest BCUT2D eigenvalue weighted by Gasteiger charge is 2.14. The molecule has 108 valence electrons. The second-order valence-electron chi connectivity index (χ2n) is 4.54. The fourth-order valence-corrected chi connectivity index (χ4v) is 2.81. The Labute approximate surface area is 132 Å². The largest absolute Gasteiger partial charge is 0.310 e. The lowest BCUT2D eigenvalue weighted by Crippen LogP contribution is -2.24. The molecule has 1 rings (SSSR count). The number of rotatable bonds is 6. The topological polar surface area (TPSA) is 29.1 Å². The van der Waals surface area contributed by atoms with E-state index < -0.39 is 10.8 Å². The Balaban J connectivity index is 2.62. The van der Waals surface area contributed by atoms with Crippen LogP contribution < -0.4 is 5.32 Å². The molecule has 19 heavy (non-hydrogen) atoms. The van der Waals surface area contributed by atoms with E-state index in [9.17, 15) is 4.21 Å². The molecule has 0 bridgehead atoms. The van der Waals surface area contributed by atoms with Crippen LogP contribution in [0.3, 0.4) is 0 Å². The Morgan fingerprint density at radius 2 is 1.84 bits per heavy atom. The molecule has 0 fully saturated rings. The molecular weight excluding hydrogens is 325 g/mol. The SMILES string of the molecule is CC(NCCC(C)S(C)=O)c1ccc(Cl)c(Cl)c1Cl. The number of hydrogen-bond acceptors (Lipinski definition) is 2. The second-order valence-corrected chi connectivity index (χ2v) is 7.50. The molecular formula is C13H18Cl3NOS. The summed E-state index contributed by atoms with van der Waals surface area (Å²) >= 11 is 18.1. The van der Waals surface area contributed by atoms with Crippen molar-refractivity contribution in [3.63, 3.8) is 0 Å². The van der Waals surface area contributed by atoms with Gasteiger partial charge in [0.25, 0.3) is 0 Å². The lowest BCUT2D eigenvalue weighted by molar-refractivity contribution is 0.554. The summed E-state index contributed by atoms with van der Waals surface area (Å²) in [4.78, 5) is 0. The smallest absolute Gasteiger partial charge is 0.0781 e. The molecule has 0 aliphatic carbocycles. The summed E-state index contributed by atoms with van der Waals surface area (Å²) in [6, 6.07) is 3.68. The first-order chi connectivity index (χ1) is 8.84. The highest BCUT2D eigenvalue weighted by molar-refractivity contribution is 7.84. The van der Waals surface area contributed by atoms with Crippen LogP contribution in [0.15, 0.2) is 12.1 Å². The van der Waals surface area contributed by atoms with E-state index in [0.29, 0.717) is 15.1 Å². The number of benzene rings is 1. The van der Waals surface area contributed by atoms with Crippen LogP contribution >= 0.6 is 34.8 Å². The molecule has 0 spiro atoms. The Hall–Kier alpha value is 0.200. The summed E-state index contributed by atoms with van der Waals surface area (Å²) < 4.78 is 11.3. The summed E-state index contributed by atoms with van der Waals surface area (Å²) in [5.41, 5.74) is 0.918. The molecule has 0 heterocycles. The molecule has 1 aromatic rings. The van der Waals surface area contributed by atoms with Crippen molar-refractivity contribution in [1.29, 1.82) is 0 Å².